The fraction of sp³-hybridized carbons (Fsp3) is 0.385. The zero-order chi connectivity index (χ0) is 21.8. The molecule has 1 heterocycles. The number of nitrogens with two attached hydrogens (primary N) is 1. The van der Waals surface area contributed by atoms with Crippen LogP contribution in [0, 0.1) is 17.8 Å². The normalized spacial score (nSPS) is 22.5. The van der Waals surface area contributed by atoms with Crippen LogP contribution in [-0.2, 0) is 11.2 Å². The van der Waals surface area contributed by atoms with Gasteiger partial charge in [0.25, 0.3) is 0 Å². The number of benzene rings is 2. The Balaban J connectivity index is 1.28. The van der Waals surface area contributed by atoms with Crippen LogP contribution in [0.4, 0.5) is 5.69 Å². The first kappa shape index (κ1) is 21.3. The minimum absolute atomic E-state index is 0.0778. The number of hydrogen-bond donors (Lipinski definition) is 3. The van der Waals surface area contributed by atoms with Crippen LogP contribution in [0.15, 0.2) is 71.4 Å². The van der Waals surface area contributed by atoms with E-state index in [1.807, 2.05) is 55.5 Å². The summed E-state index contributed by atoms with van der Waals surface area (Å²) in [5.41, 5.74) is 9.52. The van der Waals surface area contributed by atoms with Gasteiger partial charge in [0.05, 0.1) is 17.7 Å². The number of nitrogens with zero attached hydrogens (tertiary/aromatic N) is 1. The number of amidine groups is 1. The van der Waals surface area contributed by atoms with E-state index < -0.39 is 0 Å². The molecule has 31 heavy (non-hydrogen) atoms. The average Bonchev–Trinajstić information content (AvgIpc) is 3.44. The molecular formula is C26H31N3O2. The smallest absolute Gasteiger partial charge is 0.233 e. The maximum absolute atomic E-state index is 12.5. The van der Waals surface area contributed by atoms with Crippen molar-refractivity contribution in [3.63, 3.8) is 0 Å². The van der Waals surface area contributed by atoms with E-state index in [1.165, 1.54) is 5.56 Å². The molecule has 1 aliphatic heterocycles. The molecule has 2 aromatic rings. The van der Waals surface area contributed by atoms with Crippen LogP contribution in [0.1, 0.15) is 49.8 Å². The van der Waals surface area contributed by atoms with Gasteiger partial charge in [-0.05, 0) is 67.7 Å². The summed E-state index contributed by atoms with van der Waals surface area (Å²) in [5.74, 6) is 1.07. The fourth-order valence-corrected chi connectivity index (χ4v) is 4.69. The van der Waals surface area contributed by atoms with Crippen molar-refractivity contribution in [1.82, 2.24) is 0 Å². The van der Waals surface area contributed by atoms with Crippen LogP contribution in [0.25, 0.3) is 0 Å². The molecule has 0 spiro atoms. The third kappa shape index (κ3) is 5.23. The molecule has 5 heteroatoms. The monoisotopic (exact) mass is 417 g/mol. The molecule has 5 nitrogen and oxygen atoms in total. The number of carbonyl (C=O) groups is 1. The molecule has 0 unspecified atom stereocenters. The number of aliphatic hydroxyl groups excluding tert-OH is 1. The van der Waals surface area contributed by atoms with Gasteiger partial charge in [-0.2, -0.15) is 0 Å². The Morgan fingerprint density at radius 1 is 1.16 bits per heavy atom. The predicted octanol–water partition coefficient (Wildman–Crippen LogP) is 4.60. The van der Waals surface area contributed by atoms with Gasteiger partial charge in [-0.3, -0.25) is 4.79 Å². The van der Waals surface area contributed by atoms with Gasteiger partial charge in [-0.25, -0.2) is 4.99 Å². The summed E-state index contributed by atoms with van der Waals surface area (Å²) in [7, 11) is 0. The third-order valence-corrected chi connectivity index (χ3v) is 6.55. The standard InChI is InChI=1S/C26H31N3O2/c1-17(23-13-14-24(27)29-23)26(31)28-22-11-8-18(9-12-22)15-19-7-10-21(16-19)25(30)20-5-3-2-4-6-20/h2-6,8-9,11-13,17,19,21,25,30H,7,10,14-16H2,1H3,(H2,27,29)(H,28,31)/t17-,19+,21+,25-/m1/s1. The molecular weight excluding hydrogens is 386 g/mol. The number of rotatable bonds is 7. The number of carbonyl (C=O) groups excluding carboxylic acids is 1. The van der Waals surface area contributed by atoms with Crippen LogP contribution < -0.4 is 11.1 Å². The lowest BCUT2D eigenvalue weighted by Crippen LogP contribution is -2.21. The highest BCUT2D eigenvalue weighted by molar-refractivity contribution is 5.95. The molecule has 0 aromatic heterocycles. The summed E-state index contributed by atoms with van der Waals surface area (Å²) < 4.78 is 0. The number of hydrogen-bond acceptors (Lipinski definition) is 4. The Morgan fingerprint density at radius 2 is 1.90 bits per heavy atom. The molecule has 0 saturated heterocycles. The molecule has 162 valence electrons. The van der Waals surface area contributed by atoms with Crippen molar-refractivity contribution >= 4 is 17.4 Å². The van der Waals surface area contributed by atoms with Crippen molar-refractivity contribution in [2.45, 2.75) is 45.1 Å². The van der Waals surface area contributed by atoms with E-state index in [1.54, 1.807) is 0 Å². The lowest BCUT2D eigenvalue weighted by atomic mass is 9.91. The molecule has 0 radical (unpaired) electrons. The van der Waals surface area contributed by atoms with Crippen molar-refractivity contribution in [1.29, 1.82) is 0 Å². The Labute approximate surface area is 184 Å². The topological polar surface area (TPSA) is 87.7 Å². The Morgan fingerprint density at radius 3 is 2.58 bits per heavy atom. The largest absolute Gasteiger partial charge is 0.388 e. The second kappa shape index (κ2) is 9.48. The summed E-state index contributed by atoms with van der Waals surface area (Å²) in [5, 5.41) is 13.7. The minimum Gasteiger partial charge on any atom is -0.388 e. The highest BCUT2D eigenvalue weighted by Crippen LogP contribution is 2.40. The number of amides is 1. The fourth-order valence-electron chi connectivity index (χ4n) is 4.69. The SMILES string of the molecule is C[C@@H](C(=O)Nc1ccc(C[C@@H]2CC[C@H]([C@H](O)c3ccccc3)C2)cc1)C1=CCC(N)=N1. The highest BCUT2D eigenvalue weighted by atomic mass is 16.3. The van der Waals surface area contributed by atoms with E-state index in [2.05, 4.69) is 22.4 Å². The summed E-state index contributed by atoms with van der Waals surface area (Å²) >= 11 is 0. The van der Waals surface area contributed by atoms with Crippen LogP contribution in [0.2, 0.25) is 0 Å². The van der Waals surface area contributed by atoms with Gasteiger partial charge < -0.3 is 16.2 Å². The van der Waals surface area contributed by atoms with E-state index in [0.29, 0.717) is 24.1 Å². The van der Waals surface area contributed by atoms with Crippen molar-refractivity contribution in [3.8, 4) is 0 Å². The predicted molar refractivity (Wildman–Crippen MR) is 124 cm³/mol. The first-order valence-electron chi connectivity index (χ1n) is 11.2. The Kier molecular flexibility index (Phi) is 6.52. The van der Waals surface area contributed by atoms with Crippen molar-refractivity contribution in [3.05, 3.63) is 77.5 Å². The molecule has 1 amide bonds. The molecule has 1 fully saturated rings. The average molecular weight is 418 g/mol. The van der Waals surface area contributed by atoms with Gasteiger partial charge in [-0.15, -0.1) is 0 Å². The Hall–Kier alpha value is -2.92. The number of nitrogens with one attached hydrogen (secondary N) is 1. The molecule has 1 saturated carbocycles. The zero-order valence-electron chi connectivity index (χ0n) is 18.0. The molecule has 0 bridgehead atoms. The van der Waals surface area contributed by atoms with Crippen molar-refractivity contribution < 1.29 is 9.90 Å². The maximum Gasteiger partial charge on any atom is 0.233 e. The van der Waals surface area contributed by atoms with Crippen LogP contribution >= 0.6 is 0 Å². The summed E-state index contributed by atoms with van der Waals surface area (Å²) in [4.78, 5) is 16.7. The van der Waals surface area contributed by atoms with Crippen LogP contribution in [-0.4, -0.2) is 16.8 Å². The lowest BCUT2D eigenvalue weighted by molar-refractivity contribution is -0.118. The first-order chi connectivity index (χ1) is 15.0. The number of anilines is 1. The third-order valence-electron chi connectivity index (χ3n) is 6.55. The summed E-state index contributed by atoms with van der Waals surface area (Å²) in [6.45, 7) is 1.85. The molecule has 4 atom stereocenters. The van der Waals surface area contributed by atoms with E-state index in [9.17, 15) is 9.90 Å². The highest BCUT2D eigenvalue weighted by Gasteiger charge is 2.30. The molecule has 4 rings (SSSR count). The van der Waals surface area contributed by atoms with Gasteiger partial charge in [0.1, 0.15) is 5.84 Å². The number of aliphatic imine (C=N–C) groups is 1. The quantitative estimate of drug-likeness (QED) is 0.615. The summed E-state index contributed by atoms with van der Waals surface area (Å²) in [6, 6.07) is 18.1. The van der Waals surface area contributed by atoms with Crippen LogP contribution in [0.3, 0.4) is 0 Å². The van der Waals surface area contributed by atoms with E-state index in [4.69, 9.17) is 5.73 Å². The molecule has 4 N–H and O–H groups in total. The first-order valence-corrected chi connectivity index (χ1v) is 11.2. The minimum atomic E-state index is -0.375. The second-order valence-corrected chi connectivity index (χ2v) is 8.84. The van der Waals surface area contributed by atoms with E-state index in [0.717, 1.165) is 42.6 Å². The van der Waals surface area contributed by atoms with Gasteiger partial charge in [0, 0.05) is 12.1 Å². The van der Waals surface area contributed by atoms with E-state index in [-0.39, 0.29) is 17.9 Å². The zero-order valence-corrected chi connectivity index (χ0v) is 18.0. The summed E-state index contributed by atoms with van der Waals surface area (Å²) in [6.07, 6.45) is 6.41. The van der Waals surface area contributed by atoms with Gasteiger partial charge in [-0.1, -0.05) is 48.5 Å². The lowest BCUT2D eigenvalue weighted by Gasteiger charge is -2.19. The second-order valence-electron chi connectivity index (χ2n) is 8.84. The maximum atomic E-state index is 12.5. The van der Waals surface area contributed by atoms with Gasteiger partial charge >= 0.3 is 0 Å². The van der Waals surface area contributed by atoms with Crippen LogP contribution in [0.5, 0.6) is 0 Å². The number of aliphatic hydroxyl groups is 1. The van der Waals surface area contributed by atoms with Gasteiger partial charge in [0.2, 0.25) is 5.91 Å². The Bertz CT molecular complexity index is 966. The molecule has 2 aromatic carbocycles. The van der Waals surface area contributed by atoms with Gasteiger partial charge in [0.15, 0.2) is 0 Å². The van der Waals surface area contributed by atoms with E-state index >= 15 is 0 Å². The van der Waals surface area contributed by atoms with Crippen molar-refractivity contribution in [2.75, 3.05) is 5.32 Å². The molecule has 2 aliphatic rings. The van der Waals surface area contributed by atoms with Crippen molar-refractivity contribution in [2.24, 2.45) is 28.5 Å². The molecule has 1 aliphatic carbocycles.